The second-order valence-electron chi connectivity index (χ2n) is 11.9. The Morgan fingerprint density at radius 3 is 2.34 bits per heavy atom. The molecule has 3 aromatic rings. The molecule has 2 amide bonds. The molecule has 0 saturated heterocycles. The summed E-state index contributed by atoms with van der Waals surface area (Å²) in [6.45, 7) is 1.44. The molecule has 0 radical (unpaired) electrons. The number of hydrogen-bond acceptors (Lipinski definition) is 7. The van der Waals surface area contributed by atoms with Crippen LogP contribution in [0.25, 0.3) is 11.3 Å². The fourth-order valence-corrected chi connectivity index (χ4v) is 6.07. The van der Waals surface area contributed by atoms with Crippen molar-refractivity contribution in [2.75, 3.05) is 19.0 Å². The SMILES string of the molecule is CCCCOc1ccc(CN2C(=O)C(C(=O)Nc3ccc(C(F)(F)F)cc3-c3cc(C(F)(F)F)ncn3)=C(O)C3(CCCC3)N2C)c(F)c1F. The maximum Gasteiger partial charge on any atom is 0.433 e. The van der Waals surface area contributed by atoms with Gasteiger partial charge < -0.3 is 15.2 Å². The summed E-state index contributed by atoms with van der Waals surface area (Å²) in [4.78, 5) is 34.6. The number of amides is 2. The van der Waals surface area contributed by atoms with Crippen molar-refractivity contribution in [3.8, 4) is 17.0 Å². The Morgan fingerprint density at radius 2 is 1.70 bits per heavy atom. The first-order valence-electron chi connectivity index (χ1n) is 15.5. The van der Waals surface area contributed by atoms with Crippen LogP contribution in [0, 0.1) is 11.6 Å². The van der Waals surface area contributed by atoms with E-state index in [9.17, 15) is 45.4 Å². The molecular weight excluding hydrogens is 682 g/mol. The third-order valence-corrected chi connectivity index (χ3v) is 8.80. The van der Waals surface area contributed by atoms with Crippen molar-refractivity contribution < 1.29 is 54.6 Å². The van der Waals surface area contributed by atoms with E-state index in [0.717, 1.165) is 17.5 Å². The van der Waals surface area contributed by atoms with Gasteiger partial charge >= 0.3 is 12.4 Å². The van der Waals surface area contributed by atoms with Gasteiger partial charge in [0.1, 0.15) is 23.4 Å². The molecule has 268 valence electrons. The maximum atomic E-state index is 15.3. The molecule has 0 atom stereocenters. The molecule has 1 saturated carbocycles. The van der Waals surface area contributed by atoms with E-state index in [1.54, 1.807) is 0 Å². The van der Waals surface area contributed by atoms with Crippen LogP contribution in [-0.4, -0.2) is 56.1 Å². The van der Waals surface area contributed by atoms with E-state index in [1.807, 2.05) is 6.92 Å². The first kappa shape index (κ1) is 36.5. The number of unbranched alkanes of at least 4 members (excludes halogenated alkanes) is 1. The van der Waals surface area contributed by atoms with E-state index in [0.29, 0.717) is 43.8 Å². The summed E-state index contributed by atoms with van der Waals surface area (Å²) in [6.07, 6.45) is -6.49. The van der Waals surface area contributed by atoms with Gasteiger partial charge in [-0.05, 0) is 49.6 Å². The molecule has 17 heteroatoms. The number of aliphatic hydroxyl groups excluding tert-OH is 1. The highest BCUT2D eigenvalue weighted by Gasteiger charge is 2.53. The molecule has 1 aromatic heterocycles. The fourth-order valence-electron chi connectivity index (χ4n) is 6.07. The van der Waals surface area contributed by atoms with Gasteiger partial charge in [0.15, 0.2) is 11.6 Å². The first-order valence-corrected chi connectivity index (χ1v) is 15.5. The summed E-state index contributed by atoms with van der Waals surface area (Å²) in [5.41, 5.74) is -6.89. The van der Waals surface area contributed by atoms with E-state index in [2.05, 4.69) is 15.3 Å². The van der Waals surface area contributed by atoms with Crippen LogP contribution in [0.1, 0.15) is 62.3 Å². The molecule has 1 fully saturated rings. The predicted molar refractivity (Wildman–Crippen MR) is 162 cm³/mol. The molecule has 2 aliphatic rings. The molecular formula is C33H31F8N5O4. The topological polar surface area (TPSA) is 108 Å². The van der Waals surface area contributed by atoms with Crippen molar-refractivity contribution in [1.29, 1.82) is 0 Å². The Balaban J connectivity index is 1.54. The van der Waals surface area contributed by atoms with E-state index >= 15 is 4.39 Å². The number of nitrogens with zero attached hydrogens (tertiary/aromatic N) is 4. The summed E-state index contributed by atoms with van der Waals surface area (Å²) in [5, 5.41) is 16.0. The number of carbonyl (C=O) groups excluding carboxylic acids is 2. The summed E-state index contributed by atoms with van der Waals surface area (Å²) in [5.74, 6) is -6.04. The average Bonchev–Trinajstić information content (AvgIpc) is 3.56. The van der Waals surface area contributed by atoms with Crippen LogP contribution in [0.15, 0.2) is 54.1 Å². The number of alkyl halides is 6. The Morgan fingerprint density at radius 1 is 1.00 bits per heavy atom. The number of nitrogens with one attached hydrogen (secondary N) is 1. The molecule has 50 heavy (non-hydrogen) atoms. The van der Waals surface area contributed by atoms with Crippen molar-refractivity contribution in [1.82, 2.24) is 20.0 Å². The second kappa shape index (κ2) is 13.8. The normalized spacial score (nSPS) is 16.8. The number of carbonyl (C=O) groups is 2. The molecule has 0 bridgehead atoms. The first-order chi connectivity index (χ1) is 23.5. The lowest BCUT2D eigenvalue weighted by atomic mass is 9.88. The molecule has 2 N–H and O–H groups in total. The number of hydrogen-bond donors (Lipinski definition) is 2. The molecule has 1 spiro atoms. The van der Waals surface area contributed by atoms with Gasteiger partial charge in [0, 0.05) is 18.2 Å². The van der Waals surface area contributed by atoms with Gasteiger partial charge in [-0.25, -0.2) is 19.4 Å². The maximum absolute atomic E-state index is 15.3. The number of aromatic nitrogens is 2. The van der Waals surface area contributed by atoms with Gasteiger partial charge in [-0.3, -0.25) is 14.6 Å². The van der Waals surface area contributed by atoms with Crippen molar-refractivity contribution >= 4 is 17.5 Å². The highest BCUT2D eigenvalue weighted by molar-refractivity contribution is 6.24. The summed E-state index contributed by atoms with van der Waals surface area (Å²) >= 11 is 0. The zero-order valence-electron chi connectivity index (χ0n) is 26.7. The monoisotopic (exact) mass is 713 g/mol. The van der Waals surface area contributed by atoms with Gasteiger partial charge in [0.25, 0.3) is 11.8 Å². The number of halogens is 8. The lowest BCUT2D eigenvalue weighted by Crippen LogP contribution is -2.62. The van der Waals surface area contributed by atoms with Crippen LogP contribution >= 0.6 is 0 Å². The van der Waals surface area contributed by atoms with Gasteiger partial charge in [-0.15, -0.1) is 0 Å². The van der Waals surface area contributed by atoms with Crippen molar-refractivity contribution in [3.63, 3.8) is 0 Å². The molecule has 5 rings (SSSR count). The van der Waals surface area contributed by atoms with Crippen LogP contribution in [0.3, 0.4) is 0 Å². The summed E-state index contributed by atoms with van der Waals surface area (Å²) < 4.78 is 117. The highest BCUT2D eigenvalue weighted by Crippen LogP contribution is 2.45. The number of hydrazine groups is 1. The fraction of sp³-hybridized carbons (Fsp3) is 0.394. The minimum atomic E-state index is -4.98. The number of ether oxygens (including phenoxy) is 1. The lowest BCUT2D eigenvalue weighted by Gasteiger charge is -2.48. The molecule has 2 heterocycles. The third-order valence-electron chi connectivity index (χ3n) is 8.80. The summed E-state index contributed by atoms with van der Waals surface area (Å²) in [7, 11) is 1.44. The van der Waals surface area contributed by atoms with Gasteiger partial charge in [-0.2, -0.15) is 30.7 Å². The quantitative estimate of drug-likeness (QED) is 0.134. The van der Waals surface area contributed by atoms with E-state index < -0.39 is 87.4 Å². The zero-order chi connectivity index (χ0) is 36.6. The number of rotatable bonds is 9. The van der Waals surface area contributed by atoms with Crippen molar-refractivity contribution in [2.45, 2.75) is 69.9 Å². The van der Waals surface area contributed by atoms with Crippen LogP contribution in [0.2, 0.25) is 0 Å². The van der Waals surface area contributed by atoms with Crippen LogP contribution in [-0.2, 0) is 28.5 Å². The standard InChI is InChI=1S/C33H31F8N5O4/c1-3-4-13-50-23-10-7-18(26(34)27(23)35)16-46-30(49)25(28(47)31(45(46)2)11-5-6-12-31)29(48)44-21-9-8-19(32(36,37)38)14-20(21)22-15-24(33(39,40)41)43-17-42-22/h7-10,14-15,17,47H,3-6,11-13,16H2,1-2H3,(H,44,48). The second-order valence-corrected chi connectivity index (χ2v) is 11.9. The number of likely N-dealkylation sites (N-methyl/N-ethyl adjacent to an activating group) is 1. The van der Waals surface area contributed by atoms with Crippen molar-refractivity contribution in [2.24, 2.45) is 0 Å². The van der Waals surface area contributed by atoms with Crippen LogP contribution < -0.4 is 10.1 Å². The Bertz CT molecular complexity index is 1820. The number of benzene rings is 2. The Labute approximate surface area is 280 Å². The van der Waals surface area contributed by atoms with Gasteiger partial charge in [0.2, 0.25) is 5.82 Å². The molecule has 9 nitrogen and oxygen atoms in total. The average molecular weight is 714 g/mol. The largest absolute Gasteiger partial charge is 0.509 e. The minimum Gasteiger partial charge on any atom is -0.509 e. The molecule has 1 aliphatic carbocycles. The van der Waals surface area contributed by atoms with Crippen molar-refractivity contribution in [3.05, 3.63) is 82.5 Å². The Hall–Kier alpha value is -4.80. The molecule has 0 unspecified atom stereocenters. The highest BCUT2D eigenvalue weighted by atomic mass is 19.4. The van der Waals surface area contributed by atoms with Crippen LogP contribution in [0.5, 0.6) is 5.75 Å². The Kier molecular flexibility index (Phi) is 10.1. The lowest BCUT2D eigenvalue weighted by molar-refractivity contribution is -0.163. The van der Waals surface area contributed by atoms with E-state index in [4.69, 9.17) is 4.74 Å². The van der Waals surface area contributed by atoms with E-state index in [1.165, 1.54) is 24.2 Å². The third kappa shape index (κ3) is 6.95. The van der Waals surface area contributed by atoms with Crippen LogP contribution in [0.4, 0.5) is 40.8 Å². The summed E-state index contributed by atoms with van der Waals surface area (Å²) in [6, 6.07) is 4.62. The number of aliphatic hydroxyl groups is 1. The smallest absolute Gasteiger partial charge is 0.433 e. The van der Waals surface area contributed by atoms with Gasteiger partial charge in [0.05, 0.1) is 35.6 Å². The van der Waals surface area contributed by atoms with E-state index in [-0.39, 0.29) is 30.8 Å². The van der Waals surface area contributed by atoms with Gasteiger partial charge in [-0.1, -0.05) is 32.3 Å². The minimum absolute atomic E-state index is 0.145. The zero-order valence-corrected chi connectivity index (χ0v) is 26.7. The molecule has 2 aromatic carbocycles. The number of anilines is 1. The molecule has 1 aliphatic heterocycles. The predicted octanol–water partition coefficient (Wildman–Crippen LogP) is 7.59.